The van der Waals surface area contributed by atoms with Crippen LogP contribution in [-0.4, -0.2) is 76.7 Å². The lowest BCUT2D eigenvalue weighted by molar-refractivity contribution is -0.132. The molecule has 152 valence electrons. The van der Waals surface area contributed by atoms with Crippen molar-refractivity contribution >= 4 is 35.0 Å². The van der Waals surface area contributed by atoms with E-state index in [1.807, 2.05) is 12.4 Å². The molecule has 4 heterocycles. The zero-order valence-corrected chi connectivity index (χ0v) is 17.2. The van der Waals surface area contributed by atoms with Crippen molar-refractivity contribution < 1.29 is 4.79 Å². The van der Waals surface area contributed by atoms with Gasteiger partial charge < -0.3 is 14.7 Å². The fraction of sp³-hybridized carbons (Fsp3) is 0.650. The number of rotatable bonds is 4. The minimum atomic E-state index is 0. The maximum absolute atomic E-state index is 12.8. The highest BCUT2D eigenvalue weighted by molar-refractivity contribution is 5.91. The first-order chi connectivity index (χ1) is 13.2. The van der Waals surface area contributed by atoms with Crippen LogP contribution in [0.3, 0.4) is 0 Å². The molecule has 1 saturated carbocycles. The van der Waals surface area contributed by atoms with Crippen LogP contribution in [0.15, 0.2) is 12.4 Å². The Balaban J connectivity index is 0.00000192. The van der Waals surface area contributed by atoms with Crippen LogP contribution >= 0.6 is 12.4 Å². The van der Waals surface area contributed by atoms with Crippen LogP contribution in [0.2, 0.25) is 0 Å². The average molecular weight is 405 g/mol. The van der Waals surface area contributed by atoms with E-state index in [9.17, 15) is 4.79 Å². The smallest absolute Gasteiger partial charge is 0.224 e. The summed E-state index contributed by atoms with van der Waals surface area (Å²) in [4.78, 5) is 24.1. The summed E-state index contributed by atoms with van der Waals surface area (Å²) in [5.74, 6) is 0.961. The molecule has 1 N–H and O–H groups in total. The zero-order valence-electron chi connectivity index (χ0n) is 16.4. The number of likely N-dealkylation sites (tertiary alicyclic amines) is 1. The second-order valence-electron chi connectivity index (χ2n) is 8.32. The van der Waals surface area contributed by atoms with Gasteiger partial charge in [-0.15, -0.1) is 12.4 Å². The van der Waals surface area contributed by atoms with Gasteiger partial charge in [0.2, 0.25) is 5.91 Å². The molecule has 8 heteroatoms. The first-order valence-corrected chi connectivity index (χ1v) is 10.3. The van der Waals surface area contributed by atoms with Crippen molar-refractivity contribution in [3.63, 3.8) is 0 Å². The van der Waals surface area contributed by atoms with Crippen LogP contribution in [0.25, 0.3) is 11.0 Å². The van der Waals surface area contributed by atoms with Crippen molar-refractivity contribution in [3.8, 4) is 0 Å². The van der Waals surface area contributed by atoms with E-state index in [2.05, 4.69) is 36.9 Å². The molecule has 0 aromatic carbocycles. The van der Waals surface area contributed by atoms with E-state index < -0.39 is 0 Å². The van der Waals surface area contributed by atoms with E-state index in [-0.39, 0.29) is 12.4 Å². The monoisotopic (exact) mass is 404 g/mol. The number of carbonyl (C=O) groups excluding carboxylic acids is 1. The molecule has 2 saturated heterocycles. The Morgan fingerprint density at radius 3 is 2.61 bits per heavy atom. The van der Waals surface area contributed by atoms with Gasteiger partial charge in [-0.1, -0.05) is 0 Å². The van der Waals surface area contributed by atoms with Gasteiger partial charge >= 0.3 is 0 Å². The summed E-state index contributed by atoms with van der Waals surface area (Å²) in [6.07, 6.45) is 9.48. The molecule has 1 atom stereocenters. The van der Waals surface area contributed by atoms with Gasteiger partial charge in [0.05, 0.1) is 17.3 Å². The van der Waals surface area contributed by atoms with E-state index in [0.29, 0.717) is 24.3 Å². The first kappa shape index (κ1) is 19.5. The molecule has 2 aliphatic heterocycles. The molecule has 1 unspecified atom stereocenters. The standard InChI is InChI=1S/C20H28N6O.ClH/c1-24-6-2-3-15(24)11-18(27)25-7-9-26(10-8-25)19-16(14-4-5-14)12-21-20-17(19)13-22-23-20;/h12-15H,2-11H2,1H3,(H,21,22,23);1H. The largest absolute Gasteiger partial charge is 0.367 e. The van der Waals surface area contributed by atoms with Gasteiger partial charge in [0, 0.05) is 44.8 Å². The highest BCUT2D eigenvalue weighted by atomic mass is 35.5. The highest BCUT2D eigenvalue weighted by Gasteiger charge is 2.32. The number of nitrogens with one attached hydrogen (secondary N) is 1. The topological polar surface area (TPSA) is 68.4 Å². The van der Waals surface area contributed by atoms with Gasteiger partial charge in [-0.25, -0.2) is 4.98 Å². The summed E-state index contributed by atoms with van der Waals surface area (Å²) in [5, 5.41) is 8.32. The van der Waals surface area contributed by atoms with Crippen molar-refractivity contribution in [2.45, 2.75) is 44.1 Å². The third-order valence-corrected chi connectivity index (χ3v) is 6.53. The van der Waals surface area contributed by atoms with Crippen LogP contribution in [0.1, 0.15) is 43.6 Å². The van der Waals surface area contributed by atoms with Crippen LogP contribution in [0, 0.1) is 0 Å². The minimum absolute atomic E-state index is 0. The summed E-state index contributed by atoms with van der Waals surface area (Å²) in [6.45, 7) is 4.51. The Bertz CT molecular complexity index is 842. The van der Waals surface area contributed by atoms with Gasteiger partial charge in [-0.2, -0.15) is 5.10 Å². The lowest BCUT2D eigenvalue weighted by Crippen LogP contribution is -2.50. The van der Waals surface area contributed by atoms with Gasteiger partial charge in [-0.05, 0) is 50.8 Å². The van der Waals surface area contributed by atoms with Crippen LogP contribution in [-0.2, 0) is 4.79 Å². The second-order valence-corrected chi connectivity index (χ2v) is 8.32. The first-order valence-electron chi connectivity index (χ1n) is 10.3. The minimum Gasteiger partial charge on any atom is -0.367 e. The number of anilines is 1. The number of halogens is 1. The van der Waals surface area contributed by atoms with E-state index in [1.54, 1.807) is 0 Å². The Kier molecular flexibility index (Phi) is 5.47. The zero-order chi connectivity index (χ0) is 18.4. The van der Waals surface area contributed by atoms with E-state index in [4.69, 9.17) is 0 Å². The van der Waals surface area contributed by atoms with Crippen LogP contribution < -0.4 is 4.90 Å². The molecular formula is C20H29ClN6O. The third-order valence-electron chi connectivity index (χ3n) is 6.53. The summed E-state index contributed by atoms with van der Waals surface area (Å²) in [5.41, 5.74) is 3.51. The third kappa shape index (κ3) is 3.57. The maximum Gasteiger partial charge on any atom is 0.224 e. The number of aromatic amines is 1. The molecule has 0 radical (unpaired) electrons. The molecule has 3 fully saturated rings. The molecule has 0 spiro atoms. The van der Waals surface area contributed by atoms with Crippen molar-refractivity contribution in [1.82, 2.24) is 25.0 Å². The molecule has 28 heavy (non-hydrogen) atoms. The fourth-order valence-electron chi connectivity index (χ4n) is 4.70. The number of nitrogens with zero attached hydrogens (tertiary/aromatic N) is 5. The van der Waals surface area contributed by atoms with Gasteiger partial charge in [0.25, 0.3) is 0 Å². The van der Waals surface area contributed by atoms with Crippen LogP contribution in [0.4, 0.5) is 5.69 Å². The maximum atomic E-state index is 12.8. The summed E-state index contributed by atoms with van der Waals surface area (Å²) in [6, 6.07) is 0.433. The number of aromatic nitrogens is 3. The number of hydrogen-bond acceptors (Lipinski definition) is 5. The second kappa shape index (κ2) is 7.87. The summed E-state index contributed by atoms with van der Waals surface area (Å²) >= 11 is 0. The number of amides is 1. The van der Waals surface area contributed by atoms with Crippen molar-refractivity contribution in [3.05, 3.63) is 18.0 Å². The molecule has 2 aromatic heterocycles. The predicted molar refractivity (Wildman–Crippen MR) is 112 cm³/mol. The summed E-state index contributed by atoms with van der Waals surface area (Å²) in [7, 11) is 2.14. The number of pyridine rings is 1. The Labute approximate surface area is 171 Å². The highest BCUT2D eigenvalue weighted by Crippen LogP contribution is 2.46. The number of fused-ring (bicyclic) bond motifs is 1. The molecule has 1 amide bonds. The molecule has 3 aliphatic rings. The van der Waals surface area contributed by atoms with Crippen molar-refractivity contribution in [2.75, 3.05) is 44.7 Å². The molecule has 5 rings (SSSR count). The van der Waals surface area contributed by atoms with Gasteiger partial charge in [-0.3, -0.25) is 9.89 Å². The predicted octanol–water partition coefficient (Wildman–Crippen LogP) is 2.39. The molecule has 7 nitrogen and oxygen atoms in total. The van der Waals surface area contributed by atoms with Gasteiger partial charge in [0.1, 0.15) is 0 Å². The van der Waals surface area contributed by atoms with Crippen molar-refractivity contribution in [2.24, 2.45) is 0 Å². The quantitative estimate of drug-likeness (QED) is 0.847. The van der Waals surface area contributed by atoms with E-state index in [0.717, 1.165) is 50.2 Å². The van der Waals surface area contributed by atoms with Gasteiger partial charge in [0.15, 0.2) is 5.65 Å². The number of H-pyrrole nitrogens is 1. The fourth-order valence-corrected chi connectivity index (χ4v) is 4.70. The normalized spacial score (nSPS) is 23.2. The molecule has 2 aromatic rings. The molecular weight excluding hydrogens is 376 g/mol. The number of carbonyl (C=O) groups is 1. The Morgan fingerprint density at radius 1 is 1.14 bits per heavy atom. The van der Waals surface area contributed by atoms with E-state index >= 15 is 0 Å². The number of hydrogen-bond donors (Lipinski definition) is 1. The Morgan fingerprint density at radius 2 is 1.93 bits per heavy atom. The van der Waals surface area contributed by atoms with E-state index in [1.165, 1.54) is 30.5 Å². The lowest BCUT2D eigenvalue weighted by Gasteiger charge is -2.38. The Hall–Kier alpha value is -1.86. The number of piperazine rings is 1. The summed E-state index contributed by atoms with van der Waals surface area (Å²) < 4.78 is 0. The SMILES string of the molecule is CN1CCCC1CC(=O)N1CCN(c2c(C3CC3)cnc3[nH]ncc23)CC1.Cl. The lowest BCUT2D eigenvalue weighted by atomic mass is 10.1. The van der Waals surface area contributed by atoms with Crippen LogP contribution in [0.5, 0.6) is 0 Å². The van der Waals surface area contributed by atoms with Crippen molar-refractivity contribution in [1.29, 1.82) is 0 Å². The molecule has 1 aliphatic carbocycles. The molecule has 0 bridgehead atoms. The average Bonchev–Trinajstić information content (AvgIpc) is 3.29.